The average Bonchev–Trinajstić information content (AvgIpc) is 2.73. The van der Waals surface area contributed by atoms with Crippen molar-refractivity contribution in [1.82, 2.24) is 9.55 Å². The zero-order chi connectivity index (χ0) is 11.4. The molecule has 0 aliphatic rings. The Morgan fingerprint density at radius 1 is 1.31 bits per heavy atom. The van der Waals surface area contributed by atoms with E-state index in [0.29, 0.717) is 5.56 Å². The summed E-state index contributed by atoms with van der Waals surface area (Å²) in [5, 5.41) is 0. The van der Waals surface area contributed by atoms with Gasteiger partial charge in [-0.3, -0.25) is 4.79 Å². The lowest BCUT2D eigenvalue weighted by Gasteiger charge is -1.92. The number of hydrogen-bond donors (Lipinski definition) is 0. The van der Waals surface area contributed by atoms with E-state index in [1.165, 1.54) is 6.08 Å². The Kier molecular flexibility index (Phi) is 2.96. The highest BCUT2D eigenvalue weighted by atomic mass is 16.1. The second kappa shape index (κ2) is 4.57. The van der Waals surface area contributed by atoms with Crippen LogP contribution in [0.5, 0.6) is 0 Å². The number of carbonyl (C=O) groups is 1. The molecule has 0 bridgehead atoms. The van der Waals surface area contributed by atoms with Crippen LogP contribution in [-0.2, 0) is 7.05 Å². The van der Waals surface area contributed by atoms with Gasteiger partial charge in [0.15, 0.2) is 5.78 Å². The number of carbonyl (C=O) groups excluding carboxylic acids is 1. The zero-order valence-electron chi connectivity index (χ0n) is 9.00. The van der Waals surface area contributed by atoms with Crippen molar-refractivity contribution in [3.63, 3.8) is 0 Å². The Morgan fingerprint density at radius 2 is 2.06 bits per heavy atom. The molecule has 0 aliphatic heterocycles. The molecule has 0 spiro atoms. The summed E-state index contributed by atoms with van der Waals surface area (Å²) in [5.74, 6) is -0.00810. The topological polar surface area (TPSA) is 34.9 Å². The highest BCUT2D eigenvalue weighted by Crippen LogP contribution is 2.03. The number of allylic oxidation sites excluding steroid dienone is 1. The first kappa shape index (κ1) is 10.4. The average molecular weight is 212 g/mol. The first-order valence-electron chi connectivity index (χ1n) is 5.01. The molecule has 1 heterocycles. The van der Waals surface area contributed by atoms with Gasteiger partial charge in [0, 0.05) is 18.8 Å². The molecule has 0 saturated heterocycles. The van der Waals surface area contributed by atoms with Crippen molar-refractivity contribution in [3.8, 4) is 0 Å². The number of rotatable bonds is 3. The molecule has 0 N–H and O–H groups in total. The van der Waals surface area contributed by atoms with Gasteiger partial charge in [0.05, 0.1) is 12.0 Å². The summed E-state index contributed by atoms with van der Waals surface area (Å²) in [7, 11) is 1.89. The third kappa shape index (κ3) is 2.45. The molecule has 3 nitrogen and oxygen atoms in total. The number of nitrogens with zero attached hydrogens (tertiary/aromatic N) is 2. The highest BCUT2D eigenvalue weighted by molar-refractivity contribution is 6.06. The molecule has 80 valence electrons. The Hall–Kier alpha value is -2.16. The fraction of sp³-hybridized carbons (Fsp3) is 0.0769. The Balaban J connectivity index is 2.11. The smallest absolute Gasteiger partial charge is 0.185 e. The van der Waals surface area contributed by atoms with Crippen LogP contribution >= 0.6 is 0 Å². The largest absolute Gasteiger partial charge is 0.340 e. The minimum Gasteiger partial charge on any atom is -0.340 e. The van der Waals surface area contributed by atoms with Gasteiger partial charge < -0.3 is 4.57 Å². The van der Waals surface area contributed by atoms with Crippen LogP contribution in [-0.4, -0.2) is 15.3 Å². The third-order valence-electron chi connectivity index (χ3n) is 2.19. The Labute approximate surface area is 94.1 Å². The molecule has 1 aromatic carbocycles. The van der Waals surface area contributed by atoms with Crippen molar-refractivity contribution < 1.29 is 4.79 Å². The van der Waals surface area contributed by atoms with Crippen LogP contribution in [0.3, 0.4) is 0 Å². The monoisotopic (exact) mass is 212 g/mol. The molecular weight excluding hydrogens is 200 g/mol. The maximum atomic E-state index is 11.7. The van der Waals surface area contributed by atoms with Crippen LogP contribution in [0, 0.1) is 0 Å². The zero-order valence-corrected chi connectivity index (χ0v) is 9.00. The van der Waals surface area contributed by atoms with Gasteiger partial charge in [0.1, 0.15) is 0 Å². The van der Waals surface area contributed by atoms with Gasteiger partial charge in [-0.05, 0) is 12.2 Å². The van der Waals surface area contributed by atoms with Crippen molar-refractivity contribution in [2.75, 3.05) is 0 Å². The van der Waals surface area contributed by atoms with Crippen LogP contribution in [0.2, 0.25) is 0 Å². The molecule has 0 saturated carbocycles. The maximum Gasteiger partial charge on any atom is 0.185 e. The minimum absolute atomic E-state index is 0.00810. The standard InChI is InChI=1S/C13H12N2O/c1-15-9-12(14-10-15)7-8-13(16)11-5-3-2-4-6-11/h2-10H,1H3/b8-7+. The van der Waals surface area contributed by atoms with E-state index in [2.05, 4.69) is 4.98 Å². The molecule has 0 atom stereocenters. The predicted octanol–water partition coefficient (Wildman–Crippen LogP) is 2.32. The van der Waals surface area contributed by atoms with Crippen LogP contribution in [0.25, 0.3) is 6.08 Å². The molecule has 2 rings (SSSR count). The SMILES string of the molecule is Cn1cnc(/C=C/C(=O)c2ccccc2)c1. The van der Waals surface area contributed by atoms with E-state index < -0.39 is 0 Å². The number of hydrogen-bond acceptors (Lipinski definition) is 2. The van der Waals surface area contributed by atoms with Crippen molar-refractivity contribution in [2.45, 2.75) is 0 Å². The molecule has 0 unspecified atom stereocenters. The summed E-state index contributed by atoms with van der Waals surface area (Å²) in [6, 6.07) is 9.18. The number of imidazole rings is 1. The van der Waals surface area contributed by atoms with E-state index >= 15 is 0 Å². The normalized spacial score (nSPS) is 10.8. The Morgan fingerprint density at radius 3 is 2.69 bits per heavy atom. The molecule has 0 radical (unpaired) electrons. The molecule has 0 fully saturated rings. The van der Waals surface area contributed by atoms with E-state index in [1.54, 1.807) is 24.5 Å². The fourth-order valence-electron chi connectivity index (χ4n) is 1.38. The van der Waals surface area contributed by atoms with E-state index in [4.69, 9.17) is 0 Å². The van der Waals surface area contributed by atoms with Crippen molar-refractivity contribution in [3.05, 3.63) is 60.2 Å². The van der Waals surface area contributed by atoms with Crippen LogP contribution in [0.1, 0.15) is 16.1 Å². The molecule has 3 heteroatoms. The molecular formula is C13H12N2O. The number of ketones is 1. The van der Waals surface area contributed by atoms with Gasteiger partial charge in [-0.2, -0.15) is 0 Å². The van der Waals surface area contributed by atoms with E-state index in [9.17, 15) is 4.79 Å². The van der Waals surface area contributed by atoms with Gasteiger partial charge in [0.2, 0.25) is 0 Å². The van der Waals surface area contributed by atoms with Crippen molar-refractivity contribution >= 4 is 11.9 Å². The van der Waals surface area contributed by atoms with Gasteiger partial charge in [0.25, 0.3) is 0 Å². The summed E-state index contributed by atoms with van der Waals surface area (Å²) in [5.41, 5.74) is 1.47. The Bertz CT molecular complexity index is 512. The molecule has 16 heavy (non-hydrogen) atoms. The lowest BCUT2D eigenvalue weighted by Crippen LogP contribution is -1.92. The van der Waals surface area contributed by atoms with Crippen LogP contribution < -0.4 is 0 Å². The minimum atomic E-state index is -0.00810. The maximum absolute atomic E-state index is 11.7. The highest BCUT2D eigenvalue weighted by Gasteiger charge is 1.99. The number of aromatic nitrogens is 2. The lowest BCUT2D eigenvalue weighted by molar-refractivity contribution is 0.104. The van der Waals surface area contributed by atoms with Crippen LogP contribution in [0.4, 0.5) is 0 Å². The third-order valence-corrected chi connectivity index (χ3v) is 2.19. The molecule has 1 aromatic heterocycles. The molecule has 2 aromatic rings. The first-order valence-corrected chi connectivity index (χ1v) is 5.01. The van der Waals surface area contributed by atoms with Gasteiger partial charge >= 0.3 is 0 Å². The summed E-state index contributed by atoms with van der Waals surface area (Å²) in [6.07, 6.45) is 6.81. The molecule has 0 aliphatic carbocycles. The number of aryl methyl sites for hydroxylation is 1. The quantitative estimate of drug-likeness (QED) is 0.578. The van der Waals surface area contributed by atoms with Crippen molar-refractivity contribution in [1.29, 1.82) is 0 Å². The second-order valence-corrected chi connectivity index (χ2v) is 3.53. The second-order valence-electron chi connectivity index (χ2n) is 3.53. The summed E-state index contributed by atoms with van der Waals surface area (Å²) in [6.45, 7) is 0. The van der Waals surface area contributed by atoms with Gasteiger partial charge in [-0.25, -0.2) is 4.98 Å². The predicted molar refractivity (Wildman–Crippen MR) is 63.0 cm³/mol. The van der Waals surface area contributed by atoms with Crippen LogP contribution in [0.15, 0.2) is 48.9 Å². The summed E-state index contributed by atoms with van der Waals surface area (Å²) < 4.78 is 1.84. The van der Waals surface area contributed by atoms with E-state index in [1.807, 2.05) is 36.0 Å². The van der Waals surface area contributed by atoms with E-state index in [-0.39, 0.29) is 5.78 Å². The van der Waals surface area contributed by atoms with Gasteiger partial charge in [-0.1, -0.05) is 30.3 Å². The van der Waals surface area contributed by atoms with Crippen molar-refractivity contribution in [2.24, 2.45) is 7.05 Å². The lowest BCUT2D eigenvalue weighted by atomic mass is 10.1. The molecule has 0 amide bonds. The summed E-state index contributed by atoms with van der Waals surface area (Å²) in [4.78, 5) is 15.8. The first-order chi connectivity index (χ1) is 7.75. The van der Waals surface area contributed by atoms with E-state index in [0.717, 1.165) is 5.69 Å². The number of benzene rings is 1. The van der Waals surface area contributed by atoms with Gasteiger partial charge in [-0.15, -0.1) is 0 Å². The summed E-state index contributed by atoms with van der Waals surface area (Å²) >= 11 is 0. The fourth-order valence-corrected chi connectivity index (χ4v) is 1.38.